The van der Waals surface area contributed by atoms with Gasteiger partial charge in [0.15, 0.2) is 0 Å². The highest BCUT2D eigenvalue weighted by Gasteiger charge is 2.45. The Balaban J connectivity index is 1.96. The number of ether oxygens (including phenoxy) is 1. The number of aromatic nitrogens is 1. The third-order valence-corrected chi connectivity index (χ3v) is 5.93. The summed E-state index contributed by atoms with van der Waals surface area (Å²) in [5.74, 6) is -0.659. The molecule has 2 aromatic carbocycles. The topological polar surface area (TPSA) is 63.6 Å². The van der Waals surface area contributed by atoms with E-state index >= 15 is 0 Å². The van der Waals surface area contributed by atoms with Crippen molar-refractivity contribution in [3.8, 4) is 0 Å². The molecule has 1 aliphatic rings. The third-order valence-electron chi connectivity index (χ3n) is 5.93. The second-order valence-electron chi connectivity index (χ2n) is 8.38. The van der Waals surface area contributed by atoms with Gasteiger partial charge in [0.05, 0.1) is 18.6 Å². The number of nitrogens with one attached hydrogen (secondary N) is 1. The van der Waals surface area contributed by atoms with E-state index in [0.717, 1.165) is 22.0 Å². The highest BCUT2D eigenvalue weighted by molar-refractivity contribution is 6.02. The molecule has 6 heteroatoms. The maximum Gasteiger partial charge on any atom is 0.254 e. The molecule has 0 fully saturated rings. The van der Waals surface area contributed by atoms with Crippen molar-refractivity contribution in [2.45, 2.75) is 31.8 Å². The summed E-state index contributed by atoms with van der Waals surface area (Å²) in [7, 11) is 3.62. The van der Waals surface area contributed by atoms with Crippen LogP contribution in [0.1, 0.15) is 47.3 Å². The number of carbonyl (C=O) groups excluding carboxylic acids is 2. The van der Waals surface area contributed by atoms with Crippen molar-refractivity contribution in [1.29, 1.82) is 0 Å². The van der Waals surface area contributed by atoms with Gasteiger partial charge in [-0.3, -0.25) is 9.59 Å². The van der Waals surface area contributed by atoms with Crippen molar-refractivity contribution in [1.82, 2.24) is 14.8 Å². The number of carbonyl (C=O) groups is 2. The van der Waals surface area contributed by atoms with E-state index < -0.39 is 12.0 Å². The Morgan fingerprint density at radius 3 is 2.55 bits per heavy atom. The van der Waals surface area contributed by atoms with Crippen molar-refractivity contribution in [2.24, 2.45) is 7.05 Å². The molecule has 1 aromatic heterocycles. The van der Waals surface area contributed by atoms with Crippen LogP contribution in [-0.2, 0) is 16.6 Å². The summed E-state index contributed by atoms with van der Waals surface area (Å²) in [4.78, 5) is 28.9. The molecule has 1 aliphatic heterocycles. The van der Waals surface area contributed by atoms with Crippen molar-refractivity contribution < 1.29 is 14.3 Å². The number of aryl methyl sites for hydroxylation is 1. The van der Waals surface area contributed by atoms with E-state index in [4.69, 9.17) is 4.74 Å². The number of rotatable bonds is 6. The fourth-order valence-electron chi connectivity index (χ4n) is 4.64. The average molecular weight is 420 g/mol. The van der Waals surface area contributed by atoms with Crippen LogP contribution in [0.4, 0.5) is 0 Å². The molecule has 0 aliphatic carbocycles. The predicted octanol–water partition coefficient (Wildman–Crippen LogP) is 3.63. The maximum absolute atomic E-state index is 13.6. The molecule has 31 heavy (non-hydrogen) atoms. The second-order valence-corrected chi connectivity index (χ2v) is 8.38. The number of nitrogens with zero attached hydrogens (tertiary/aromatic N) is 2. The van der Waals surface area contributed by atoms with E-state index in [1.165, 1.54) is 0 Å². The van der Waals surface area contributed by atoms with E-state index in [9.17, 15) is 9.59 Å². The Bertz CT molecular complexity index is 1120. The molecule has 0 radical (unpaired) electrons. The number of hydrogen-bond donors (Lipinski definition) is 1. The summed E-state index contributed by atoms with van der Waals surface area (Å²) in [6.07, 6.45) is 2.05. The van der Waals surface area contributed by atoms with Crippen molar-refractivity contribution in [2.75, 3.05) is 20.3 Å². The van der Waals surface area contributed by atoms with Crippen LogP contribution in [0.5, 0.6) is 0 Å². The maximum atomic E-state index is 13.6. The fourth-order valence-corrected chi connectivity index (χ4v) is 4.64. The van der Waals surface area contributed by atoms with Gasteiger partial charge in [-0.25, -0.2) is 0 Å². The van der Waals surface area contributed by atoms with Crippen molar-refractivity contribution in [3.05, 3.63) is 71.4 Å². The molecule has 6 nitrogen and oxygen atoms in total. The van der Waals surface area contributed by atoms with Gasteiger partial charge in [-0.15, -0.1) is 0 Å². The molecule has 1 N–H and O–H groups in total. The quantitative estimate of drug-likeness (QED) is 0.664. The zero-order valence-electron chi connectivity index (χ0n) is 18.5. The van der Waals surface area contributed by atoms with Crippen molar-refractivity contribution in [3.63, 3.8) is 0 Å². The lowest BCUT2D eigenvalue weighted by Crippen LogP contribution is -2.49. The Morgan fingerprint density at radius 1 is 1.10 bits per heavy atom. The Morgan fingerprint density at radius 2 is 1.81 bits per heavy atom. The zero-order chi connectivity index (χ0) is 22.1. The summed E-state index contributed by atoms with van der Waals surface area (Å²) < 4.78 is 7.38. The molecule has 0 spiro atoms. The van der Waals surface area contributed by atoms with Gasteiger partial charge in [0.1, 0.15) is 0 Å². The lowest BCUT2D eigenvalue weighted by molar-refractivity contribution is -0.124. The Kier molecular flexibility index (Phi) is 5.83. The average Bonchev–Trinajstić information content (AvgIpc) is 3.09. The molecule has 2 heterocycles. The molecule has 2 unspecified atom stereocenters. The minimum atomic E-state index is -0.515. The standard InChI is InChI=1S/C25H29N3O3/c1-16(2)26-24(29)22-18-10-5-6-11-19(18)25(30)28(13-14-31-4)23(22)20-15-27(3)21-12-8-7-9-17(20)21/h5-12,15-16,22-23H,13-14H2,1-4H3,(H,26,29). The highest BCUT2D eigenvalue weighted by atomic mass is 16.5. The fraction of sp³-hybridized carbons (Fsp3) is 0.360. The molecule has 3 aromatic rings. The summed E-state index contributed by atoms with van der Waals surface area (Å²) in [5, 5.41) is 4.13. The number of benzene rings is 2. The number of amides is 2. The molecular weight excluding hydrogens is 390 g/mol. The number of methoxy groups -OCH3 is 1. The molecule has 2 atom stereocenters. The smallest absolute Gasteiger partial charge is 0.254 e. The minimum absolute atomic E-state index is 0.00196. The normalized spacial score (nSPS) is 18.5. The molecule has 0 saturated carbocycles. The van der Waals surface area contributed by atoms with Gasteiger partial charge in [-0.2, -0.15) is 0 Å². The number of hydrogen-bond acceptors (Lipinski definition) is 3. The van der Waals surface area contributed by atoms with Gasteiger partial charge in [0.25, 0.3) is 5.91 Å². The van der Waals surface area contributed by atoms with Crippen LogP contribution in [0.15, 0.2) is 54.7 Å². The largest absolute Gasteiger partial charge is 0.383 e. The first-order valence-corrected chi connectivity index (χ1v) is 10.7. The summed E-state index contributed by atoms with van der Waals surface area (Å²) in [5.41, 5.74) is 3.40. The Hall–Kier alpha value is -3.12. The van der Waals surface area contributed by atoms with Crippen LogP contribution in [0.2, 0.25) is 0 Å². The van der Waals surface area contributed by atoms with E-state index in [-0.39, 0.29) is 17.9 Å². The van der Waals surface area contributed by atoms with Crippen LogP contribution >= 0.6 is 0 Å². The zero-order valence-corrected chi connectivity index (χ0v) is 18.5. The molecule has 4 rings (SSSR count). The van der Waals surface area contributed by atoms with Gasteiger partial charge >= 0.3 is 0 Å². The number of para-hydroxylation sites is 1. The molecule has 162 valence electrons. The van der Waals surface area contributed by atoms with Crippen LogP contribution < -0.4 is 5.32 Å². The molecule has 0 bridgehead atoms. The monoisotopic (exact) mass is 419 g/mol. The molecular formula is C25H29N3O3. The Labute approximate surface area is 182 Å². The molecule has 2 amide bonds. The van der Waals surface area contributed by atoms with E-state index in [0.29, 0.717) is 18.7 Å². The summed E-state index contributed by atoms with van der Waals surface area (Å²) >= 11 is 0. The van der Waals surface area contributed by atoms with Crippen LogP contribution in [0.25, 0.3) is 10.9 Å². The van der Waals surface area contributed by atoms with E-state index in [1.54, 1.807) is 12.0 Å². The highest BCUT2D eigenvalue weighted by Crippen LogP contribution is 2.45. The van der Waals surface area contributed by atoms with Gasteiger partial charge < -0.3 is 19.5 Å². The molecule has 0 saturated heterocycles. The third kappa shape index (κ3) is 3.72. The van der Waals surface area contributed by atoms with E-state index in [1.807, 2.05) is 63.5 Å². The van der Waals surface area contributed by atoms with Crippen LogP contribution in [0.3, 0.4) is 0 Å². The second kappa shape index (κ2) is 8.55. The minimum Gasteiger partial charge on any atom is -0.383 e. The summed E-state index contributed by atoms with van der Waals surface area (Å²) in [6.45, 7) is 4.71. The predicted molar refractivity (Wildman–Crippen MR) is 121 cm³/mol. The van der Waals surface area contributed by atoms with Gasteiger partial charge in [0.2, 0.25) is 5.91 Å². The SMILES string of the molecule is COCCN1C(=O)c2ccccc2C(C(=O)NC(C)C)C1c1cn(C)c2ccccc12. The first-order chi connectivity index (χ1) is 14.9. The first kappa shape index (κ1) is 21.1. The van der Waals surface area contributed by atoms with Gasteiger partial charge in [-0.05, 0) is 31.5 Å². The van der Waals surface area contributed by atoms with Crippen molar-refractivity contribution >= 4 is 22.7 Å². The first-order valence-electron chi connectivity index (χ1n) is 10.7. The number of fused-ring (bicyclic) bond motifs is 2. The van der Waals surface area contributed by atoms with Crippen LogP contribution in [-0.4, -0.2) is 47.6 Å². The van der Waals surface area contributed by atoms with E-state index in [2.05, 4.69) is 22.0 Å². The van der Waals surface area contributed by atoms with Gasteiger partial charge in [-0.1, -0.05) is 36.4 Å². The lowest BCUT2D eigenvalue weighted by Gasteiger charge is -2.41. The van der Waals surface area contributed by atoms with Gasteiger partial charge in [0, 0.05) is 55.0 Å². The lowest BCUT2D eigenvalue weighted by atomic mass is 9.79. The van der Waals surface area contributed by atoms with Crippen LogP contribution in [0, 0.1) is 0 Å². The summed E-state index contributed by atoms with van der Waals surface area (Å²) in [6, 6.07) is 15.1.